The number of aromatic nitrogens is 3. The van der Waals surface area contributed by atoms with Crippen LogP contribution in [0.5, 0.6) is 5.75 Å². The Labute approximate surface area is 131 Å². The number of benzene rings is 1. The number of hydrogen-bond acceptors (Lipinski definition) is 4. The molecule has 0 bridgehead atoms. The summed E-state index contributed by atoms with van der Waals surface area (Å²) in [6.45, 7) is 5.53. The molecule has 0 saturated carbocycles. The average molecular weight is 298 g/mol. The van der Waals surface area contributed by atoms with Crippen molar-refractivity contribution in [2.45, 2.75) is 46.1 Å². The molecule has 22 heavy (non-hydrogen) atoms. The van der Waals surface area contributed by atoms with Crippen molar-refractivity contribution in [3.63, 3.8) is 0 Å². The normalized spacial score (nSPS) is 10.4. The molecule has 0 unspecified atom stereocenters. The molecule has 0 N–H and O–H groups in total. The van der Waals surface area contributed by atoms with E-state index in [1.165, 1.54) is 5.56 Å². The van der Waals surface area contributed by atoms with Crippen LogP contribution in [-0.2, 0) is 13.0 Å². The number of aryl methyl sites for hydroxylation is 2. The fourth-order valence-electron chi connectivity index (χ4n) is 2.30. The van der Waals surface area contributed by atoms with Crippen molar-refractivity contribution in [2.24, 2.45) is 0 Å². The van der Waals surface area contributed by atoms with E-state index in [4.69, 9.17) is 10.00 Å². The number of ether oxygens (including phenoxy) is 1. The summed E-state index contributed by atoms with van der Waals surface area (Å²) in [5, 5.41) is 17.1. The summed E-state index contributed by atoms with van der Waals surface area (Å²) in [6.07, 6.45) is 3.82. The highest BCUT2D eigenvalue weighted by atomic mass is 16.5. The Morgan fingerprint density at radius 3 is 2.91 bits per heavy atom. The van der Waals surface area contributed by atoms with Gasteiger partial charge >= 0.3 is 0 Å². The lowest BCUT2D eigenvalue weighted by Gasteiger charge is -2.08. The van der Waals surface area contributed by atoms with Crippen molar-refractivity contribution in [3.05, 3.63) is 41.2 Å². The van der Waals surface area contributed by atoms with Gasteiger partial charge in [0.2, 0.25) is 0 Å². The molecule has 1 heterocycles. The minimum Gasteiger partial charge on any atom is -0.494 e. The second-order valence-corrected chi connectivity index (χ2v) is 5.34. The van der Waals surface area contributed by atoms with E-state index in [0.717, 1.165) is 43.7 Å². The summed E-state index contributed by atoms with van der Waals surface area (Å²) in [7, 11) is 0. The third-order valence-electron chi connectivity index (χ3n) is 3.48. The van der Waals surface area contributed by atoms with Gasteiger partial charge in [-0.15, -0.1) is 5.10 Å². The zero-order chi connectivity index (χ0) is 15.8. The fraction of sp³-hybridized carbons (Fsp3) is 0.471. The Morgan fingerprint density at radius 1 is 1.32 bits per heavy atom. The Bertz CT molecular complexity index is 642. The van der Waals surface area contributed by atoms with Crippen molar-refractivity contribution in [2.75, 3.05) is 6.61 Å². The van der Waals surface area contributed by atoms with Gasteiger partial charge in [0.1, 0.15) is 11.8 Å². The number of hydrogen-bond donors (Lipinski definition) is 0. The first kappa shape index (κ1) is 16.0. The highest BCUT2D eigenvalue weighted by Gasteiger charge is 2.11. The summed E-state index contributed by atoms with van der Waals surface area (Å²) < 4.78 is 7.58. The smallest absolute Gasteiger partial charge is 0.185 e. The van der Waals surface area contributed by atoms with Crippen LogP contribution in [0, 0.1) is 18.3 Å². The van der Waals surface area contributed by atoms with Gasteiger partial charge in [0.05, 0.1) is 12.3 Å². The number of nitriles is 1. The van der Waals surface area contributed by atoms with Crippen molar-refractivity contribution in [3.8, 4) is 11.8 Å². The van der Waals surface area contributed by atoms with Crippen LogP contribution >= 0.6 is 0 Å². The highest BCUT2D eigenvalue weighted by Crippen LogP contribution is 2.13. The molecule has 0 aliphatic heterocycles. The summed E-state index contributed by atoms with van der Waals surface area (Å²) in [6, 6.07) is 10.1. The lowest BCUT2D eigenvalue weighted by molar-refractivity contribution is 0.296. The SMILES string of the molecule is CCCCc1c(C#N)nnn1CCCOc1cccc(C)c1. The first-order valence-corrected chi connectivity index (χ1v) is 7.76. The van der Waals surface area contributed by atoms with Crippen LogP contribution in [0.15, 0.2) is 24.3 Å². The summed E-state index contributed by atoms with van der Waals surface area (Å²) in [5.41, 5.74) is 2.59. The first-order valence-electron chi connectivity index (χ1n) is 7.76. The van der Waals surface area contributed by atoms with Crippen LogP contribution in [0.3, 0.4) is 0 Å². The van der Waals surface area contributed by atoms with E-state index in [-0.39, 0.29) is 0 Å². The van der Waals surface area contributed by atoms with Gasteiger partial charge in [-0.1, -0.05) is 30.7 Å². The minimum absolute atomic E-state index is 0.452. The average Bonchev–Trinajstić information content (AvgIpc) is 2.91. The van der Waals surface area contributed by atoms with Crippen LogP contribution in [0.4, 0.5) is 0 Å². The lowest BCUT2D eigenvalue weighted by Crippen LogP contribution is -2.09. The monoisotopic (exact) mass is 298 g/mol. The molecule has 116 valence electrons. The third kappa shape index (κ3) is 4.32. The second kappa shape index (κ2) is 8.18. The Balaban J connectivity index is 1.86. The molecule has 5 nitrogen and oxygen atoms in total. The van der Waals surface area contributed by atoms with E-state index in [1.807, 2.05) is 35.9 Å². The van der Waals surface area contributed by atoms with Crippen LogP contribution < -0.4 is 4.74 Å². The van der Waals surface area contributed by atoms with E-state index in [9.17, 15) is 0 Å². The molecule has 2 rings (SSSR count). The van der Waals surface area contributed by atoms with Crippen molar-refractivity contribution in [1.29, 1.82) is 5.26 Å². The van der Waals surface area contributed by atoms with E-state index < -0.39 is 0 Å². The number of nitrogens with zero attached hydrogens (tertiary/aromatic N) is 4. The Hall–Kier alpha value is -2.35. The van der Waals surface area contributed by atoms with Gasteiger partial charge < -0.3 is 4.74 Å². The van der Waals surface area contributed by atoms with Gasteiger partial charge in [-0.25, -0.2) is 4.68 Å². The summed E-state index contributed by atoms with van der Waals surface area (Å²) in [5.74, 6) is 0.891. The van der Waals surface area contributed by atoms with Crippen LogP contribution in [0.25, 0.3) is 0 Å². The second-order valence-electron chi connectivity index (χ2n) is 5.34. The lowest BCUT2D eigenvalue weighted by atomic mass is 10.1. The zero-order valence-electron chi connectivity index (χ0n) is 13.2. The molecule has 0 atom stereocenters. The predicted molar refractivity (Wildman–Crippen MR) is 84.6 cm³/mol. The van der Waals surface area contributed by atoms with Gasteiger partial charge in [0.15, 0.2) is 5.69 Å². The van der Waals surface area contributed by atoms with Crippen molar-refractivity contribution in [1.82, 2.24) is 15.0 Å². The Kier molecular flexibility index (Phi) is 5.96. The Morgan fingerprint density at radius 2 is 2.18 bits per heavy atom. The largest absolute Gasteiger partial charge is 0.494 e. The molecule has 0 amide bonds. The van der Waals surface area contributed by atoms with Crippen molar-refractivity contribution >= 4 is 0 Å². The quantitative estimate of drug-likeness (QED) is 0.702. The molecule has 5 heteroatoms. The molecule has 0 fully saturated rings. The molecule has 2 aromatic rings. The van der Waals surface area contributed by atoms with Gasteiger partial charge in [-0.3, -0.25) is 0 Å². The molecule has 0 radical (unpaired) electrons. The van der Waals surface area contributed by atoms with E-state index >= 15 is 0 Å². The summed E-state index contributed by atoms with van der Waals surface area (Å²) in [4.78, 5) is 0. The van der Waals surface area contributed by atoms with Gasteiger partial charge in [-0.2, -0.15) is 5.26 Å². The number of rotatable bonds is 8. The zero-order valence-corrected chi connectivity index (χ0v) is 13.2. The topological polar surface area (TPSA) is 63.7 Å². The highest BCUT2D eigenvalue weighted by molar-refractivity contribution is 5.27. The maximum atomic E-state index is 9.09. The molecule has 1 aromatic carbocycles. The minimum atomic E-state index is 0.452. The molecular weight excluding hydrogens is 276 g/mol. The third-order valence-corrected chi connectivity index (χ3v) is 3.48. The van der Waals surface area contributed by atoms with E-state index in [2.05, 4.69) is 23.3 Å². The maximum absolute atomic E-state index is 9.09. The molecule has 0 spiro atoms. The molecule has 0 aliphatic carbocycles. The van der Waals surface area contributed by atoms with E-state index in [1.54, 1.807) is 0 Å². The molecular formula is C17H22N4O. The van der Waals surface area contributed by atoms with Crippen LogP contribution in [-0.4, -0.2) is 21.6 Å². The summed E-state index contributed by atoms with van der Waals surface area (Å²) >= 11 is 0. The van der Waals surface area contributed by atoms with Gasteiger partial charge in [0.25, 0.3) is 0 Å². The van der Waals surface area contributed by atoms with Crippen LogP contribution in [0.2, 0.25) is 0 Å². The molecule has 1 aromatic heterocycles. The maximum Gasteiger partial charge on any atom is 0.185 e. The first-order chi connectivity index (χ1) is 10.7. The standard InChI is InChI=1S/C17H22N4O/c1-3-4-9-17-16(13-18)19-20-21(17)10-6-11-22-15-8-5-7-14(2)12-15/h5,7-8,12H,3-4,6,9-11H2,1-2H3. The molecule has 0 aliphatic rings. The van der Waals surface area contributed by atoms with Gasteiger partial charge in [0, 0.05) is 13.0 Å². The molecule has 0 saturated heterocycles. The van der Waals surface area contributed by atoms with Gasteiger partial charge in [-0.05, 0) is 37.5 Å². The van der Waals surface area contributed by atoms with E-state index in [0.29, 0.717) is 12.3 Å². The van der Waals surface area contributed by atoms with Crippen LogP contribution in [0.1, 0.15) is 43.1 Å². The predicted octanol–water partition coefficient (Wildman–Crippen LogP) is 3.27. The fourth-order valence-corrected chi connectivity index (χ4v) is 2.30. The van der Waals surface area contributed by atoms with Crippen molar-refractivity contribution < 1.29 is 4.74 Å². The number of unbranched alkanes of at least 4 members (excludes halogenated alkanes) is 1.